The van der Waals surface area contributed by atoms with Crippen LogP contribution >= 0.6 is 0 Å². The molecule has 0 saturated heterocycles. The maximum Gasteiger partial charge on any atom is 0.417 e. The number of nitrogens with zero attached hydrogens (tertiary/aromatic N) is 3. The van der Waals surface area contributed by atoms with Crippen molar-refractivity contribution in [3.63, 3.8) is 0 Å². The lowest BCUT2D eigenvalue weighted by Gasteiger charge is -2.16. The van der Waals surface area contributed by atoms with E-state index in [2.05, 4.69) is 5.10 Å². The van der Waals surface area contributed by atoms with Crippen molar-refractivity contribution in [2.45, 2.75) is 32.9 Å². The highest BCUT2D eigenvalue weighted by Crippen LogP contribution is 2.38. The van der Waals surface area contributed by atoms with Gasteiger partial charge < -0.3 is 4.74 Å². The number of aromatic nitrogens is 3. The molecular formula is C19H20F3N3O2. The third-order valence-electron chi connectivity index (χ3n) is 4.60. The molecule has 0 saturated carbocycles. The van der Waals surface area contributed by atoms with Crippen LogP contribution in [0.25, 0.3) is 16.9 Å². The molecule has 2 aromatic heterocycles. The van der Waals surface area contributed by atoms with Gasteiger partial charge in [0.25, 0.3) is 5.56 Å². The number of alkyl halides is 3. The summed E-state index contributed by atoms with van der Waals surface area (Å²) in [6, 6.07) is 5.45. The van der Waals surface area contributed by atoms with Crippen LogP contribution in [0.3, 0.4) is 0 Å². The summed E-state index contributed by atoms with van der Waals surface area (Å²) in [5, 5.41) is 4.38. The summed E-state index contributed by atoms with van der Waals surface area (Å²) in [4.78, 5) is 12.9. The van der Waals surface area contributed by atoms with E-state index in [9.17, 15) is 18.0 Å². The van der Waals surface area contributed by atoms with Crippen molar-refractivity contribution < 1.29 is 17.9 Å². The number of fused-ring (bicyclic) bond motifs is 1. The highest BCUT2D eigenvalue weighted by atomic mass is 19.4. The molecule has 0 spiro atoms. The number of hydrogen-bond acceptors (Lipinski definition) is 3. The molecule has 0 unspecified atom stereocenters. The molecule has 0 aliphatic carbocycles. The molecular weight excluding hydrogens is 359 g/mol. The summed E-state index contributed by atoms with van der Waals surface area (Å²) in [5.41, 5.74) is 0.422. The Morgan fingerprint density at radius 1 is 1.19 bits per heavy atom. The molecule has 3 aromatic rings. The van der Waals surface area contributed by atoms with Crippen LogP contribution in [0.15, 0.2) is 29.1 Å². The highest BCUT2D eigenvalue weighted by molar-refractivity contribution is 5.65. The Bertz CT molecular complexity index is 1080. The van der Waals surface area contributed by atoms with E-state index in [4.69, 9.17) is 4.74 Å². The molecule has 0 radical (unpaired) electrons. The lowest BCUT2D eigenvalue weighted by Crippen LogP contribution is -2.25. The molecule has 2 heterocycles. The van der Waals surface area contributed by atoms with Crippen molar-refractivity contribution in [3.05, 3.63) is 51.4 Å². The Morgan fingerprint density at radius 2 is 1.85 bits per heavy atom. The van der Waals surface area contributed by atoms with Crippen LogP contribution in [0, 0.1) is 6.92 Å². The second-order valence-electron chi connectivity index (χ2n) is 6.75. The first kappa shape index (κ1) is 19.0. The summed E-state index contributed by atoms with van der Waals surface area (Å²) in [5.74, 6) is 0.105. The second-order valence-corrected chi connectivity index (χ2v) is 6.75. The van der Waals surface area contributed by atoms with E-state index in [1.165, 1.54) is 30.8 Å². The number of benzene rings is 1. The largest absolute Gasteiger partial charge is 0.497 e. The summed E-state index contributed by atoms with van der Waals surface area (Å²) in [7, 11) is 2.73. The summed E-state index contributed by atoms with van der Waals surface area (Å²) in [6.45, 7) is 5.68. The smallest absolute Gasteiger partial charge is 0.417 e. The second kappa shape index (κ2) is 6.44. The van der Waals surface area contributed by atoms with Gasteiger partial charge in [0.2, 0.25) is 0 Å². The Kier molecular flexibility index (Phi) is 4.53. The zero-order valence-electron chi connectivity index (χ0n) is 15.7. The number of methoxy groups -OCH3 is 1. The van der Waals surface area contributed by atoms with Gasteiger partial charge in [0.05, 0.1) is 12.7 Å². The van der Waals surface area contributed by atoms with Gasteiger partial charge in [-0.05, 0) is 42.7 Å². The maximum absolute atomic E-state index is 13.6. The van der Waals surface area contributed by atoms with Gasteiger partial charge in [-0.3, -0.25) is 9.36 Å². The minimum Gasteiger partial charge on any atom is -0.497 e. The minimum absolute atomic E-state index is 0.0588. The van der Waals surface area contributed by atoms with Crippen LogP contribution in [0.5, 0.6) is 5.75 Å². The lowest BCUT2D eigenvalue weighted by molar-refractivity contribution is -0.137. The topological polar surface area (TPSA) is 48.5 Å². The van der Waals surface area contributed by atoms with Gasteiger partial charge in [-0.2, -0.15) is 13.2 Å². The minimum atomic E-state index is -4.62. The zero-order chi connectivity index (χ0) is 20.1. The van der Waals surface area contributed by atoms with Crippen LogP contribution in [-0.4, -0.2) is 21.3 Å². The van der Waals surface area contributed by atoms with Crippen molar-refractivity contribution in [3.8, 4) is 17.1 Å². The normalized spacial score (nSPS) is 12.2. The molecule has 0 bridgehead atoms. The fourth-order valence-corrected chi connectivity index (χ4v) is 3.17. The molecule has 144 valence electrons. The quantitative estimate of drug-likeness (QED) is 0.687. The third-order valence-corrected chi connectivity index (χ3v) is 4.60. The Balaban J connectivity index is 2.39. The number of ether oxygens (including phenoxy) is 1. The molecule has 0 amide bonds. The van der Waals surface area contributed by atoms with Crippen LogP contribution < -0.4 is 10.3 Å². The van der Waals surface area contributed by atoms with E-state index >= 15 is 0 Å². The lowest BCUT2D eigenvalue weighted by atomic mass is 10.0. The SMILES string of the molecule is COc1ccc(-c2nn3c(C)cc(C(C)C)c3c(=O)n2C)c(C(F)(F)F)c1. The average Bonchev–Trinajstić information content (AvgIpc) is 2.94. The van der Waals surface area contributed by atoms with Gasteiger partial charge in [0.1, 0.15) is 11.3 Å². The van der Waals surface area contributed by atoms with Gasteiger partial charge in [0.15, 0.2) is 5.82 Å². The predicted molar refractivity (Wildman–Crippen MR) is 96.2 cm³/mol. The van der Waals surface area contributed by atoms with Crippen LogP contribution in [0.4, 0.5) is 13.2 Å². The number of hydrogen-bond donors (Lipinski definition) is 0. The maximum atomic E-state index is 13.6. The molecule has 0 atom stereocenters. The summed E-state index contributed by atoms with van der Waals surface area (Å²) < 4.78 is 48.3. The number of aryl methyl sites for hydroxylation is 1. The van der Waals surface area contributed by atoms with Crippen LogP contribution in [-0.2, 0) is 13.2 Å². The number of rotatable bonds is 3. The monoisotopic (exact) mass is 379 g/mol. The van der Waals surface area contributed by atoms with Gasteiger partial charge >= 0.3 is 6.18 Å². The molecule has 3 rings (SSSR count). The third kappa shape index (κ3) is 3.09. The van der Waals surface area contributed by atoms with Crippen LogP contribution in [0.2, 0.25) is 0 Å². The standard InChI is InChI=1S/C19H20F3N3O2/c1-10(2)14-8-11(3)25-16(14)18(26)24(4)17(23-25)13-7-6-12(27-5)9-15(13)19(20,21)22/h6-10H,1-5H3. The van der Waals surface area contributed by atoms with Crippen molar-refractivity contribution in [2.75, 3.05) is 7.11 Å². The molecule has 0 aliphatic rings. The van der Waals surface area contributed by atoms with Gasteiger partial charge in [0, 0.05) is 18.3 Å². The first-order valence-corrected chi connectivity index (χ1v) is 8.41. The fraction of sp³-hybridized carbons (Fsp3) is 0.368. The van der Waals surface area contributed by atoms with Gasteiger partial charge in [-0.15, -0.1) is 5.10 Å². The van der Waals surface area contributed by atoms with Crippen molar-refractivity contribution in [1.29, 1.82) is 0 Å². The zero-order valence-corrected chi connectivity index (χ0v) is 15.7. The molecule has 1 aromatic carbocycles. The van der Waals surface area contributed by atoms with E-state index in [1.807, 2.05) is 19.9 Å². The highest BCUT2D eigenvalue weighted by Gasteiger charge is 2.35. The summed E-state index contributed by atoms with van der Waals surface area (Å²) in [6.07, 6.45) is -4.62. The Labute approximate surface area is 154 Å². The molecule has 27 heavy (non-hydrogen) atoms. The number of halogens is 3. The van der Waals surface area contributed by atoms with Crippen molar-refractivity contribution in [2.24, 2.45) is 7.05 Å². The molecule has 0 aliphatic heterocycles. The molecule has 5 nitrogen and oxygen atoms in total. The van der Waals surface area contributed by atoms with E-state index < -0.39 is 11.7 Å². The first-order chi connectivity index (χ1) is 12.6. The average molecular weight is 379 g/mol. The van der Waals surface area contributed by atoms with Crippen molar-refractivity contribution >= 4 is 5.52 Å². The first-order valence-electron chi connectivity index (χ1n) is 8.41. The van der Waals surface area contributed by atoms with Gasteiger partial charge in [-0.25, -0.2) is 4.52 Å². The Hall–Kier alpha value is -2.77. The van der Waals surface area contributed by atoms with E-state index in [1.54, 1.807) is 6.92 Å². The molecule has 8 heteroatoms. The van der Waals surface area contributed by atoms with E-state index in [0.29, 0.717) is 11.2 Å². The van der Waals surface area contributed by atoms with E-state index in [0.717, 1.165) is 16.2 Å². The summed E-state index contributed by atoms with van der Waals surface area (Å²) >= 11 is 0. The van der Waals surface area contributed by atoms with Crippen LogP contribution in [0.1, 0.15) is 36.6 Å². The van der Waals surface area contributed by atoms with Gasteiger partial charge in [-0.1, -0.05) is 13.8 Å². The fourth-order valence-electron chi connectivity index (χ4n) is 3.17. The molecule has 0 fully saturated rings. The van der Waals surface area contributed by atoms with Crippen molar-refractivity contribution in [1.82, 2.24) is 14.2 Å². The Morgan fingerprint density at radius 3 is 2.41 bits per heavy atom. The predicted octanol–water partition coefficient (Wildman–Crippen LogP) is 4.16. The van der Waals surface area contributed by atoms with E-state index in [-0.39, 0.29) is 28.6 Å². The molecule has 0 N–H and O–H groups in total.